The first-order chi connectivity index (χ1) is 13.9. The Kier molecular flexibility index (Phi) is 5.60. The monoisotopic (exact) mass is 413 g/mol. The minimum Gasteiger partial charge on any atom is -0.367 e. The highest BCUT2D eigenvalue weighted by atomic mass is 32.2. The van der Waals surface area contributed by atoms with Crippen LogP contribution in [0.4, 0.5) is 0 Å². The fraction of sp³-hybridized carbons (Fsp3) is 0.476. The number of thioether (sulfide) groups is 1. The predicted molar refractivity (Wildman–Crippen MR) is 106 cm³/mol. The first kappa shape index (κ1) is 20.3. The van der Waals surface area contributed by atoms with Gasteiger partial charge in [0.25, 0.3) is 0 Å². The van der Waals surface area contributed by atoms with E-state index in [-0.39, 0.29) is 0 Å². The lowest BCUT2D eigenvalue weighted by atomic mass is 10.0. The molecule has 0 unspecified atom stereocenters. The Labute approximate surface area is 174 Å². The first-order valence-electron chi connectivity index (χ1n) is 9.41. The summed E-state index contributed by atoms with van der Waals surface area (Å²) >= 11 is 1.41. The van der Waals surface area contributed by atoms with Crippen LogP contribution < -0.4 is 0 Å². The largest absolute Gasteiger partial charge is 0.367 e. The van der Waals surface area contributed by atoms with E-state index in [1.807, 2.05) is 50.4 Å². The maximum Gasteiger partial charge on any atom is 0.190 e. The third-order valence-corrected chi connectivity index (χ3v) is 5.55. The molecular formula is C21H23N3O4S. The highest BCUT2D eigenvalue weighted by Gasteiger charge is 2.56. The summed E-state index contributed by atoms with van der Waals surface area (Å²) in [5.41, 5.74) is 1.96. The van der Waals surface area contributed by atoms with Gasteiger partial charge in [0.1, 0.15) is 40.8 Å². The third kappa shape index (κ3) is 4.02. The van der Waals surface area contributed by atoms with Gasteiger partial charge in [0.15, 0.2) is 12.1 Å². The average Bonchev–Trinajstić information content (AvgIpc) is 3.18. The number of fused-ring (bicyclic) bond motifs is 1. The maximum atomic E-state index is 9.76. The molecule has 1 aromatic heterocycles. The van der Waals surface area contributed by atoms with Gasteiger partial charge in [-0.2, -0.15) is 5.26 Å². The van der Waals surface area contributed by atoms with E-state index in [0.717, 1.165) is 5.56 Å². The summed E-state index contributed by atoms with van der Waals surface area (Å²) in [5, 5.41) is 10.4. The highest BCUT2D eigenvalue weighted by Crippen LogP contribution is 2.45. The molecule has 152 valence electrons. The van der Waals surface area contributed by atoms with E-state index in [4.69, 9.17) is 18.9 Å². The van der Waals surface area contributed by atoms with Crippen molar-refractivity contribution in [2.45, 2.75) is 62.8 Å². The van der Waals surface area contributed by atoms with Crippen molar-refractivity contribution in [1.29, 1.82) is 5.26 Å². The van der Waals surface area contributed by atoms with Gasteiger partial charge in [0.2, 0.25) is 0 Å². The Morgan fingerprint density at radius 1 is 1.21 bits per heavy atom. The number of hydrogen-bond donors (Lipinski definition) is 0. The number of aromatic nitrogens is 2. The molecule has 0 spiro atoms. The molecule has 2 saturated heterocycles. The molecule has 2 aliphatic rings. The number of aryl methyl sites for hydroxylation is 1. The molecule has 1 aromatic carbocycles. The average molecular weight is 413 g/mol. The van der Waals surface area contributed by atoms with Crippen molar-refractivity contribution in [2.24, 2.45) is 0 Å². The Bertz CT molecular complexity index is 932. The van der Waals surface area contributed by atoms with Gasteiger partial charge in [0.05, 0.1) is 12.3 Å². The lowest BCUT2D eigenvalue weighted by Gasteiger charge is -2.26. The smallest absolute Gasteiger partial charge is 0.190 e. The summed E-state index contributed by atoms with van der Waals surface area (Å²) in [6, 6.07) is 12.1. The van der Waals surface area contributed by atoms with E-state index in [1.165, 1.54) is 11.8 Å². The summed E-state index contributed by atoms with van der Waals surface area (Å²) in [4.78, 5) is 8.92. The zero-order chi connectivity index (χ0) is 20.6. The zero-order valence-corrected chi connectivity index (χ0v) is 17.6. The van der Waals surface area contributed by atoms with Crippen molar-refractivity contribution in [2.75, 3.05) is 6.26 Å². The fourth-order valence-corrected chi connectivity index (χ4v) is 4.25. The number of benzene rings is 1. The molecule has 0 N–H and O–H groups in total. The summed E-state index contributed by atoms with van der Waals surface area (Å²) < 4.78 is 24.4. The van der Waals surface area contributed by atoms with Crippen molar-refractivity contribution in [1.82, 2.24) is 9.97 Å². The number of hydrogen-bond acceptors (Lipinski definition) is 8. The number of ether oxygens (including phenoxy) is 4. The molecule has 2 fully saturated rings. The number of nitrogens with zero attached hydrogens (tertiary/aromatic N) is 3. The van der Waals surface area contributed by atoms with Crippen LogP contribution >= 0.6 is 11.8 Å². The molecule has 2 aliphatic heterocycles. The molecule has 3 heterocycles. The van der Waals surface area contributed by atoms with Gasteiger partial charge in [0, 0.05) is 0 Å². The van der Waals surface area contributed by atoms with Crippen LogP contribution in [-0.4, -0.2) is 40.5 Å². The van der Waals surface area contributed by atoms with Gasteiger partial charge in [-0.3, -0.25) is 0 Å². The molecular weight excluding hydrogens is 390 g/mol. The summed E-state index contributed by atoms with van der Waals surface area (Å²) in [5.74, 6) is -0.188. The summed E-state index contributed by atoms with van der Waals surface area (Å²) in [6.07, 6.45) is -0.187. The Morgan fingerprint density at radius 2 is 1.97 bits per heavy atom. The van der Waals surface area contributed by atoms with Crippen molar-refractivity contribution >= 4 is 11.8 Å². The number of nitriles is 1. The van der Waals surface area contributed by atoms with E-state index < -0.39 is 30.4 Å². The standard InChI is InChI=1S/C21H23N3O4S/c1-12-23-15(14(10-22)19(24-12)29-4)16-17(25-11-13-8-6-5-7-9-13)18-20(26-16)28-21(2,3)27-18/h5-9,16-18,20H,11H2,1-4H3/t16-,17+,18-,20-/m1/s1. The second kappa shape index (κ2) is 8.01. The van der Waals surface area contributed by atoms with Crippen molar-refractivity contribution in [3.63, 3.8) is 0 Å². The molecule has 4 rings (SSSR count). The van der Waals surface area contributed by atoms with Crippen LogP contribution in [0.3, 0.4) is 0 Å². The van der Waals surface area contributed by atoms with E-state index >= 15 is 0 Å². The normalized spacial score (nSPS) is 27.6. The van der Waals surface area contributed by atoms with Crippen molar-refractivity contribution in [3.05, 3.63) is 53.0 Å². The minimum atomic E-state index is -0.765. The molecule has 0 amide bonds. The molecule has 0 bridgehead atoms. The van der Waals surface area contributed by atoms with E-state index in [1.54, 1.807) is 6.92 Å². The van der Waals surface area contributed by atoms with Gasteiger partial charge in [-0.1, -0.05) is 30.3 Å². The highest BCUT2D eigenvalue weighted by molar-refractivity contribution is 7.98. The SMILES string of the molecule is CSc1nc(C)nc([C@H]2O[C@@H]3OC(C)(C)O[C@@H]3[C@H]2OCc2ccccc2)c1C#N. The topological polar surface area (TPSA) is 86.5 Å². The van der Waals surface area contributed by atoms with Crippen molar-refractivity contribution in [3.8, 4) is 6.07 Å². The third-order valence-electron chi connectivity index (χ3n) is 4.87. The molecule has 0 saturated carbocycles. The van der Waals surface area contributed by atoms with Crippen LogP contribution in [0.15, 0.2) is 35.4 Å². The molecule has 8 heteroatoms. The quantitative estimate of drug-likeness (QED) is 0.544. The predicted octanol–water partition coefficient (Wildman–Crippen LogP) is 3.51. The van der Waals surface area contributed by atoms with E-state index in [2.05, 4.69) is 16.0 Å². The van der Waals surface area contributed by atoms with Crippen LogP contribution in [0, 0.1) is 18.3 Å². The zero-order valence-electron chi connectivity index (χ0n) is 16.8. The minimum absolute atomic E-state index is 0.389. The van der Waals surface area contributed by atoms with E-state index in [0.29, 0.717) is 28.7 Å². The van der Waals surface area contributed by atoms with Gasteiger partial charge in [-0.15, -0.1) is 11.8 Å². The van der Waals surface area contributed by atoms with Crippen LogP contribution in [0.5, 0.6) is 0 Å². The lowest BCUT2D eigenvalue weighted by molar-refractivity contribution is -0.221. The molecule has 7 nitrogen and oxygen atoms in total. The van der Waals surface area contributed by atoms with Gasteiger partial charge in [-0.05, 0) is 32.6 Å². The maximum absolute atomic E-state index is 9.76. The second-order valence-electron chi connectivity index (χ2n) is 7.44. The van der Waals surface area contributed by atoms with Crippen LogP contribution in [0.2, 0.25) is 0 Å². The molecule has 29 heavy (non-hydrogen) atoms. The van der Waals surface area contributed by atoms with Crippen molar-refractivity contribution < 1.29 is 18.9 Å². The Hall–Kier alpha value is -2.02. The molecule has 2 aromatic rings. The second-order valence-corrected chi connectivity index (χ2v) is 8.23. The molecule has 0 radical (unpaired) electrons. The Morgan fingerprint density at radius 3 is 2.66 bits per heavy atom. The fourth-order valence-electron chi connectivity index (χ4n) is 3.67. The van der Waals surface area contributed by atoms with Crippen LogP contribution in [0.1, 0.15) is 42.6 Å². The van der Waals surface area contributed by atoms with Gasteiger partial charge >= 0.3 is 0 Å². The van der Waals surface area contributed by atoms with Crippen LogP contribution in [0.25, 0.3) is 0 Å². The van der Waals surface area contributed by atoms with Crippen LogP contribution in [-0.2, 0) is 25.6 Å². The summed E-state index contributed by atoms with van der Waals surface area (Å²) in [6.45, 7) is 5.88. The Balaban J connectivity index is 1.68. The van der Waals surface area contributed by atoms with Gasteiger partial charge in [-0.25, -0.2) is 9.97 Å². The van der Waals surface area contributed by atoms with Gasteiger partial charge < -0.3 is 18.9 Å². The lowest BCUT2D eigenvalue weighted by Crippen LogP contribution is -2.34. The number of rotatable bonds is 5. The molecule has 4 atom stereocenters. The molecule has 0 aliphatic carbocycles. The van der Waals surface area contributed by atoms with E-state index in [9.17, 15) is 5.26 Å². The first-order valence-corrected chi connectivity index (χ1v) is 10.6. The summed E-state index contributed by atoms with van der Waals surface area (Å²) in [7, 11) is 0.